The number of carbonyl (C=O) groups is 3. The molecule has 0 unspecified atom stereocenters. The highest BCUT2D eigenvalue weighted by atomic mass is 16.6. The summed E-state index contributed by atoms with van der Waals surface area (Å²) in [5.74, 6) is -1.61. The quantitative estimate of drug-likeness (QED) is 0.628. The number of hydrogen-bond acceptors (Lipinski definition) is 5. The molecule has 0 saturated carbocycles. The number of hydrogen-bond donors (Lipinski definition) is 2. The number of aliphatic carboxylic acids is 1. The number of nitrogens with one attached hydrogen (secondary N) is 2. The van der Waals surface area contributed by atoms with E-state index in [9.17, 15) is 19.5 Å². The SMILES string of the molecule is C[C@@H](NC(=O)CCCCCNC(=O)OC(C)(C)C)C(=O)[O-]. The predicted octanol–water partition coefficient (Wildman–Crippen LogP) is 0.326. The van der Waals surface area contributed by atoms with Crippen molar-refractivity contribution in [2.75, 3.05) is 6.54 Å². The molecule has 0 spiro atoms. The molecule has 0 bridgehead atoms. The minimum absolute atomic E-state index is 0.254. The molecule has 0 aromatic heterocycles. The molecular weight excluding hydrogens is 276 g/mol. The maximum Gasteiger partial charge on any atom is 0.407 e. The highest BCUT2D eigenvalue weighted by molar-refractivity contribution is 5.82. The summed E-state index contributed by atoms with van der Waals surface area (Å²) in [7, 11) is 0. The van der Waals surface area contributed by atoms with Crippen LogP contribution in [0.1, 0.15) is 53.4 Å². The van der Waals surface area contributed by atoms with Crippen LogP contribution in [0.5, 0.6) is 0 Å². The van der Waals surface area contributed by atoms with Gasteiger partial charge in [-0.15, -0.1) is 0 Å². The van der Waals surface area contributed by atoms with Gasteiger partial charge in [0.2, 0.25) is 5.91 Å². The van der Waals surface area contributed by atoms with Crippen LogP contribution in [-0.4, -0.2) is 36.2 Å². The first-order valence-corrected chi connectivity index (χ1v) is 7.09. The fraction of sp³-hybridized carbons (Fsp3) is 0.786. The molecule has 21 heavy (non-hydrogen) atoms. The standard InChI is InChI=1S/C14H26N2O5/c1-10(12(18)19)16-11(17)8-6-5-7-9-15-13(20)21-14(2,3)4/h10H,5-9H2,1-4H3,(H,15,20)(H,16,17)(H,18,19)/p-1/t10-/m1/s1. The normalized spacial score (nSPS) is 12.4. The zero-order valence-corrected chi connectivity index (χ0v) is 13.2. The van der Waals surface area contributed by atoms with Crippen molar-refractivity contribution in [3.63, 3.8) is 0 Å². The molecule has 1 atom stereocenters. The van der Waals surface area contributed by atoms with E-state index in [-0.39, 0.29) is 12.3 Å². The van der Waals surface area contributed by atoms with Crippen molar-refractivity contribution < 1.29 is 24.2 Å². The van der Waals surface area contributed by atoms with Crippen molar-refractivity contribution in [3.05, 3.63) is 0 Å². The minimum atomic E-state index is -1.30. The monoisotopic (exact) mass is 301 g/mol. The summed E-state index contributed by atoms with van der Waals surface area (Å²) in [5.41, 5.74) is -0.516. The molecule has 7 heteroatoms. The van der Waals surface area contributed by atoms with Crippen molar-refractivity contribution in [1.29, 1.82) is 0 Å². The van der Waals surface area contributed by atoms with Crippen LogP contribution < -0.4 is 15.7 Å². The molecule has 0 aliphatic carbocycles. The van der Waals surface area contributed by atoms with E-state index in [4.69, 9.17) is 4.74 Å². The number of alkyl carbamates (subject to hydrolysis) is 1. The van der Waals surface area contributed by atoms with Gasteiger partial charge in [0.1, 0.15) is 5.60 Å². The second-order valence-corrected chi connectivity index (χ2v) is 5.85. The Morgan fingerprint density at radius 1 is 1.14 bits per heavy atom. The highest BCUT2D eigenvalue weighted by Gasteiger charge is 2.15. The van der Waals surface area contributed by atoms with E-state index in [0.29, 0.717) is 13.0 Å². The number of unbranched alkanes of at least 4 members (excludes halogenated alkanes) is 2. The minimum Gasteiger partial charge on any atom is -0.548 e. The predicted molar refractivity (Wildman–Crippen MR) is 75.3 cm³/mol. The molecule has 0 aromatic rings. The molecule has 0 rings (SSSR count). The van der Waals surface area contributed by atoms with Crippen LogP contribution in [0.25, 0.3) is 0 Å². The Labute approximate surface area is 125 Å². The lowest BCUT2D eigenvalue weighted by Crippen LogP contribution is -2.45. The fourth-order valence-corrected chi connectivity index (χ4v) is 1.46. The van der Waals surface area contributed by atoms with E-state index in [2.05, 4.69) is 10.6 Å². The summed E-state index contributed by atoms with van der Waals surface area (Å²) >= 11 is 0. The van der Waals surface area contributed by atoms with Crippen molar-refractivity contribution >= 4 is 18.0 Å². The van der Waals surface area contributed by atoms with Gasteiger partial charge in [-0.1, -0.05) is 6.42 Å². The second-order valence-electron chi connectivity index (χ2n) is 5.85. The summed E-state index contributed by atoms with van der Waals surface area (Å²) < 4.78 is 5.07. The van der Waals surface area contributed by atoms with Crippen LogP contribution in [0.15, 0.2) is 0 Å². The highest BCUT2D eigenvalue weighted by Crippen LogP contribution is 2.06. The smallest absolute Gasteiger partial charge is 0.407 e. The van der Waals surface area contributed by atoms with Crippen LogP contribution in [-0.2, 0) is 14.3 Å². The molecule has 0 aliphatic heterocycles. The third-order valence-corrected chi connectivity index (χ3v) is 2.48. The first-order chi connectivity index (χ1) is 9.61. The van der Waals surface area contributed by atoms with Gasteiger partial charge in [0, 0.05) is 13.0 Å². The molecular formula is C14H25N2O5-. The summed E-state index contributed by atoms with van der Waals surface area (Å²) in [6.07, 6.45) is 1.90. The largest absolute Gasteiger partial charge is 0.548 e. The molecule has 0 heterocycles. The van der Waals surface area contributed by atoms with E-state index < -0.39 is 23.7 Å². The first kappa shape index (κ1) is 19.2. The number of rotatable bonds is 8. The Morgan fingerprint density at radius 2 is 1.76 bits per heavy atom. The number of amides is 2. The van der Waals surface area contributed by atoms with Crippen molar-refractivity contribution in [3.8, 4) is 0 Å². The lowest BCUT2D eigenvalue weighted by atomic mass is 10.2. The Balaban J connectivity index is 3.58. The van der Waals surface area contributed by atoms with Crippen LogP contribution in [0.2, 0.25) is 0 Å². The molecule has 0 radical (unpaired) electrons. The van der Waals surface area contributed by atoms with Crippen LogP contribution in [0.3, 0.4) is 0 Å². The maximum absolute atomic E-state index is 11.4. The molecule has 7 nitrogen and oxygen atoms in total. The Kier molecular flexibility index (Phi) is 8.42. The average Bonchev–Trinajstić information content (AvgIpc) is 2.31. The summed E-state index contributed by atoms with van der Waals surface area (Å²) in [4.78, 5) is 33.1. The van der Waals surface area contributed by atoms with Crippen molar-refractivity contribution in [2.45, 2.75) is 65.0 Å². The topological polar surface area (TPSA) is 108 Å². The van der Waals surface area contributed by atoms with E-state index >= 15 is 0 Å². The van der Waals surface area contributed by atoms with Gasteiger partial charge in [0.15, 0.2) is 0 Å². The van der Waals surface area contributed by atoms with E-state index in [1.54, 1.807) is 20.8 Å². The lowest BCUT2D eigenvalue weighted by Gasteiger charge is -2.19. The number of carbonyl (C=O) groups excluding carboxylic acids is 3. The van der Waals surface area contributed by atoms with Crippen molar-refractivity contribution in [1.82, 2.24) is 10.6 Å². The second kappa shape index (κ2) is 9.20. The van der Waals surface area contributed by atoms with E-state index in [0.717, 1.165) is 12.8 Å². The van der Waals surface area contributed by atoms with Crippen LogP contribution in [0, 0.1) is 0 Å². The van der Waals surface area contributed by atoms with Gasteiger partial charge in [-0.2, -0.15) is 0 Å². The first-order valence-electron chi connectivity index (χ1n) is 7.09. The van der Waals surface area contributed by atoms with Gasteiger partial charge in [-0.3, -0.25) is 4.79 Å². The number of carboxylic acid groups (broad SMARTS) is 1. The van der Waals surface area contributed by atoms with Gasteiger partial charge < -0.3 is 25.3 Å². The molecule has 2 amide bonds. The van der Waals surface area contributed by atoms with Gasteiger partial charge in [-0.05, 0) is 40.5 Å². The third-order valence-electron chi connectivity index (χ3n) is 2.48. The van der Waals surface area contributed by atoms with Gasteiger partial charge >= 0.3 is 6.09 Å². The summed E-state index contributed by atoms with van der Waals surface area (Å²) in [6.45, 7) is 7.21. The number of carboxylic acids is 1. The van der Waals surface area contributed by atoms with Gasteiger partial charge in [-0.25, -0.2) is 4.79 Å². The van der Waals surface area contributed by atoms with E-state index in [1.165, 1.54) is 6.92 Å². The van der Waals surface area contributed by atoms with Crippen LogP contribution in [0.4, 0.5) is 4.79 Å². The Hall–Kier alpha value is -1.79. The Morgan fingerprint density at radius 3 is 2.29 bits per heavy atom. The summed E-state index contributed by atoms with van der Waals surface area (Å²) in [5, 5.41) is 15.4. The molecule has 0 aliphatic rings. The van der Waals surface area contributed by atoms with Crippen molar-refractivity contribution in [2.24, 2.45) is 0 Å². The number of ether oxygens (including phenoxy) is 1. The zero-order valence-electron chi connectivity index (χ0n) is 13.2. The van der Waals surface area contributed by atoms with Crippen LogP contribution >= 0.6 is 0 Å². The van der Waals surface area contributed by atoms with Gasteiger partial charge in [0.05, 0.1) is 12.0 Å². The zero-order chi connectivity index (χ0) is 16.5. The Bertz CT molecular complexity index is 363. The molecule has 0 aromatic carbocycles. The molecule has 0 saturated heterocycles. The molecule has 0 fully saturated rings. The average molecular weight is 301 g/mol. The molecule has 2 N–H and O–H groups in total. The summed E-state index contributed by atoms with van der Waals surface area (Å²) in [6, 6.07) is -0.980. The maximum atomic E-state index is 11.4. The van der Waals surface area contributed by atoms with E-state index in [1.807, 2.05) is 0 Å². The molecule has 122 valence electrons. The lowest BCUT2D eigenvalue weighted by molar-refractivity contribution is -0.307. The van der Waals surface area contributed by atoms with Gasteiger partial charge in [0.25, 0.3) is 0 Å². The third kappa shape index (κ3) is 11.7. The fourth-order valence-electron chi connectivity index (χ4n) is 1.46.